The van der Waals surface area contributed by atoms with Gasteiger partial charge in [-0.3, -0.25) is 4.79 Å². The number of allylic oxidation sites excluding steroid dienone is 2. The Kier molecular flexibility index (Phi) is 12.8. The normalized spacial score (nSPS) is 11.7. The molecule has 4 aromatic rings. The molecule has 4 aromatic carbocycles. The van der Waals surface area contributed by atoms with Crippen molar-refractivity contribution in [2.45, 2.75) is 47.7 Å². The van der Waals surface area contributed by atoms with Crippen molar-refractivity contribution in [1.82, 2.24) is 0 Å². The predicted octanol–water partition coefficient (Wildman–Crippen LogP) is 8.61. The van der Waals surface area contributed by atoms with E-state index in [9.17, 15) is 9.90 Å². The van der Waals surface area contributed by atoms with Crippen LogP contribution in [0.15, 0.2) is 121 Å². The molecule has 0 amide bonds. The molecule has 1 N–H and O–H groups in total. The van der Waals surface area contributed by atoms with E-state index in [-0.39, 0.29) is 38.0 Å². The zero-order chi connectivity index (χ0) is 28.5. The van der Waals surface area contributed by atoms with Gasteiger partial charge in [0.05, 0.1) is 24.7 Å². The van der Waals surface area contributed by atoms with Crippen LogP contribution in [0.25, 0.3) is 11.1 Å². The van der Waals surface area contributed by atoms with Gasteiger partial charge >= 0.3 is 0 Å². The molecule has 0 aliphatic heterocycles. The average molecular weight is 732 g/mol. The SMILES string of the molecule is CC(C)(C)C(=O)/C=C(\O)C(C)(C)C.[Pt].[c-]1cc(-c2ccccc2)ccc1C[PH+](c1ccccc1)c1ccccc1. The van der Waals surface area contributed by atoms with Gasteiger partial charge in [0.25, 0.3) is 0 Å². The van der Waals surface area contributed by atoms with Gasteiger partial charge in [0.2, 0.25) is 0 Å². The van der Waals surface area contributed by atoms with Crippen molar-refractivity contribution < 1.29 is 31.0 Å². The van der Waals surface area contributed by atoms with Crippen LogP contribution in [0.2, 0.25) is 0 Å². The first kappa shape index (κ1) is 33.4. The molecular formula is C36H41O2PPt. The zero-order valence-corrected chi connectivity index (χ0v) is 27.6. The smallest absolute Gasteiger partial charge is 0.164 e. The summed E-state index contributed by atoms with van der Waals surface area (Å²) in [6.07, 6.45) is 2.38. The molecule has 0 fully saturated rings. The fraction of sp³-hybridized carbons (Fsp3) is 0.250. The van der Waals surface area contributed by atoms with E-state index >= 15 is 0 Å². The Hall–Kier alpha value is -2.79. The molecule has 0 spiro atoms. The van der Waals surface area contributed by atoms with Crippen LogP contribution in [0.1, 0.15) is 47.1 Å². The molecule has 212 valence electrons. The maximum atomic E-state index is 11.5. The Balaban J connectivity index is 0.000000344. The number of rotatable bonds is 6. The third kappa shape index (κ3) is 10.3. The van der Waals surface area contributed by atoms with Gasteiger partial charge in [-0.2, -0.15) is 24.3 Å². The summed E-state index contributed by atoms with van der Waals surface area (Å²) in [4.78, 5) is 11.5. The van der Waals surface area contributed by atoms with Crippen molar-refractivity contribution in [1.29, 1.82) is 0 Å². The first-order chi connectivity index (χ1) is 18.4. The van der Waals surface area contributed by atoms with E-state index in [1.165, 1.54) is 33.4 Å². The average Bonchev–Trinajstić information content (AvgIpc) is 2.93. The van der Waals surface area contributed by atoms with Gasteiger partial charge < -0.3 is 5.11 Å². The molecule has 0 atom stereocenters. The van der Waals surface area contributed by atoms with E-state index in [2.05, 4.69) is 115 Å². The first-order valence-corrected chi connectivity index (χ1v) is 15.1. The van der Waals surface area contributed by atoms with Crippen LogP contribution in [-0.4, -0.2) is 10.9 Å². The molecule has 2 nitrogen and oxygen atoms in total. The van der Waals surface area contributed by atoms with Crippen molar-refractivity contribution in [2.75, 3.05) is 0 Å². The molecule has 0 aliphatic rings. The summed E-state index contributed by atoms with van der Waals surface area (Å²) in [7, 11) is -0.860. The van der Waals surface area contributed by atoms with Crippen LogP contribution in [0.4, 0.5) is 0 Å². The second kappa shape index (κ2) is 15.3. The fourth-order valence-electron chi connectivity index (χ4n) is 3.77. The summed E-state index contributed by atoms with van der Waals surface area (Å²) in [5, 5.41) is 12.5. The van der Waals surface area contributed by atoms with Gasteiger partial charge in [0.1, 0.15) is 5.76 Å². The number of carbonyl (C=O) groups excluding carboxylic acids is 1. The molecule has 0 aromatic heterocycles. The minimum Gasteiger partial charge on any atom is -0.512 e. The Morgan fingerprint density at radius 2 is 1.18 bits per heavy atom. The van der Waals surface area contributed by atoms with Gasteiger partial charge in [-0.1, -0.05) is 114 Å². The maximum Gasteiger partial charge on any atom is 0.164 e. The molecule has 0 bridgehead atoms. The molecule has 0 unspecified atom stereocenters. The molecular weight excluding hydrogens is 690 g/mol. The van der Waals surface area contributed by atoms with Crippen molar-refractivity contribution in [3.05, 3.63) is 133 Å². The van der Waals surface area contributed by atoms with Crippen molar-refractivity contribution in [3.63, 3.8) is 0 Å². The maximum absolute atomic E-state index is 11.5. The van der Waals surface area contributed by atoms with Crippen LogP contribution in [0.5, 0.6) is 0 Å². The minimum atomic E-state index is -0.860. The minimum absolute atomic E-state index is 0. The number of aliphatic hydroxyl groups is 1. The number of hydrogen-bond donors (Lipinski definition) is 1. The molecule has 0 aliphatic carbocycles. The number of ketones is 1. The van der Waals surface area contributed by atoms with Crippen molar-refractivity contribution in [3.8, 4) is 11.1 Å². The van der Waals surface area contributed by atoms with Crippen LogP contribution in [0, 0.1) is 16.9 Å². The summed E-state index contributed by atoms with van der Waals surface area (Å²) >= 11 is 0. The standard InChI is InChI=1S/C25H20P.C11H20O2.Pt/c1-4-10-22(11-5-1)23-18-16-21(17-19-23)20-26(24-12-6-2-7-13-24)25-14-8-3-9-15-25;1-10(2,3)8(12)7-9(13)11(4,5)6;/h1-16,18-19H,20H2;7,12H,1-6H3;/q-1;;/p+1/b;8-7-;. The van der Waals surface area contributed by atoms with Crippen molar-refractivity contribution >= 4 is 24.3 Å². The Morgan fingerprint density at radius 3 is 1.57 bits per heavy atom. The molecule has 0 radical (unpaired) electrons. The molecule has 0 saturated carbocycles. The summed E-state index contributed by atoms with van der Waals surface area (Å²) in [6.45, 7) is 11.1. The Morgan fingerprint density at radius 1 is 0.700 bits per heavy atom. The van der Waals surface area contributed by atoms with E-state index in [1.807, 2.05) is 41.5 Å². The van der Waals surface area contributed by atoms with Crippen LogP contribution < -0.4 is 10.6 Å². The van der Waals surface area contributed by atoms with Crippen LogP contribution in [0.3, 0.4) is 0 Å². The summed E-state index contributed by atoms with van der Waals surface area (Å²) in [5.74, 6) is 0.104. The molecule has 4 rings (SSSR count). The predicted molar refractivity (Wildman–Crippen MR) is 170 cm³/mol. The number of carbonyl (C=O) groups is 1. The van der Waals surface area contributed by atoms with Crippen molar-refractivity contribution in [2.24, 2.45) is 10.8 Å². The number of hydrogen-bond acceptors (Lipinski definition) is 2. The fourth-order valence-corrected chi connectivity index (χ4v) is 6.31. The van der Waals surface area contributed by atoms with Crippen LogP contribution in [-0.2, 0) is 32.0 Å². The number of benzene rings is 4. The van der Waals surface area contributed by atoms with Gasteiger partial charge in [-0.15, -0.1) is 11.1 Å². The molecule has 4 heteroatoms. The van der Waals surface area contributed by atoms with Gasteiger partial charge in [-0.05, 0) is 24.3 Å². The first-order valence-electron chi connectivity index (χ1n) is 13.4. The third-order valence-electron chi connectivity index (χ3n) is 6.37. The van der Waals surface area contributed by atoms with E-state index < -0.39 is 13.3 Å². The third-order valence-corrected chi connectivity index (χ3v) is 9.17. The molecule has 0 saturated heterocycles. The van der Waals surface area contributed by atoms with Gasteiger partial charge in [0, 0.05) is 38.0 Å². The van der Waals surface area contributed by atoms with E-state index in [4.69, 9.17) is 0 Å². The Labute approximate surface area is 256 Å². The molecule has 0 heterocycles. The van der Waals surface area contributed by atoms with Gasteiger partial charge in [-0.25, -0.2) is 0 Å². The second-order valence-corrected chi connectivity index (χ2v) is 14.2. The van der Waals surface area contributed by atoms with Gasteiger partial charge in [0.15, 0.2) is 5.78 Å². The quantitative estimate of drug-likeness (QED) is 0.0934. The summed E-state index contributed by atoms with van der Waals surface area (Å²) in [6, 6.07) is 42.4. The van der Waals surface area contributed by atoms with Crippen LogP contribution >= 0.6 is 7.92 Å². The monoisotopic (exact) mass is 731 g/mol. The Bertz CT molecular complexity index is 1300. The topological polar surface area (TPSA) is 37.3 Å². The summed E-state index contributed by atoms with van der Waals surface area (Å²) in [5.41, 5.74) is 2.99. The number of aliphatic hydroxyl groups excluding tert-OH is 1. The molecule has 40 heavy (non-hydrogen) atoms. The summed E-state index contributed by atoms with van der Waals surface area (Å²) < 4.78 is 0. The zero-order valence-electron chi connectivity index (χ0n) is 24.3. The largest absolute Gasteiger partial charge is 0.512 e. The van der Waals surface area contributed by atoms with E-state index in [0.29, 0.717) is 0 Å². The second-order valence-electron chi connectivity index (χ2n) is 11.7. The van der Waals surface area contributed by atoms with E-state index in [1.54, 1.807) is 0 Å². The van der Waals surface area contributed by atoms with E-state index in [0.717, 1.165) is 6.16 Å².